The van der Waals surface area contributed by atoms with Crippen LogP contribution in [0.5, 0.6) is 0 Å². The lowest BCUT2D eigenvalue weighted by Gasteiger charge is -2.03. The summed E-state index contributed by atoms with van der Waals surface area (Å²) in [5, 5.41) is 10.5. The van der Waals surface area contributed by atoms with Crippen molar-refractivity contribution in [3.63, 3.8) is 0 Å². The van der Waals surface area contributed by atoms with E-state index >= 15 is 0 Å². The molecule has 0 spiro atoms. The Morgan fingerprint density at radius 1 is 1.05 bits per heavy atom. The van der Waals surface area contributed by atoms with Crippen LogP contribution in [-0.2, 0) is 21.9 Å². The zero-order chi connectivity index (χ0) is 13.7. The molecule has 2 aromatic rings. The first-order valence-electron chi connectivity index (χ1n) is 5.50. The van der Waals surface area contributed by atoms with Crippen molar-refractivity contribution in [2.24, 2.45) is 0 Å². The normalized spacial score (nSPS) is 12.0. The Morgan fingerprint density at radius 2 is 1.68 bits per heavy atom. The van der Waals surface area contributed by atoms with Gasteiger partial charge in [0.2, 0.25) is 0 Å². The molecule has 2 aromatic carbocycles. The predicted molar refractivity (Wildman–Crippen MR) is 70.7 cm³/mol. The summed E-state index contributed by atoms with van der Waals surface area (Å²) >= 11 is -1.53. The van der Waals surface area contributed by atoms with Crippen LogP contribution in [0.15, 0.2) is 59.5 Å². The third-order valence-electron chi connectivity index (χ3n) is 2.42. The quantitative estimate of drug-likeness (QED) is 0.622. The lowest BCUT2D eigenvalue weighted by Crippen LogP contribution is -1.98. The van der Waals surface area contributed by atoms with Gasteiger partial charge in [-0.15, -0.1) is 0 Å². The third-order valence-corrected chi connectivity index (χ3v) is 3.40. The van der Waals surface area contributed by atoms with Crippen LogP contribution in [0.1, 0.15) is 5.56 Å². The molecule has 0 saturated heterocycles. The van der Waals surface area contributed by atoms with Gasteiger partial charge >= 0.3 is 0 Å². The van der Waals surface area contributed by atoms with Gasteiger partial charge in [0.05, 0.1) is 16.4 Å². The van der Waals surface area contributed by atoms with Crippen LogP contribution in [0.3, 0.4) is 0 Å². The first-order valence-corrected chi connectivity index (χ1v) is 6.58. The molecule has 0 fully saturated rings. The van der Waals surface area contributed by atoms with E-state index in [0.717, 1.165) is 5.56 Å². The van der Waals surface area contributed by atoms with Crippen LogP contribution in [0.2, 0.25) is 0 Å². The highest BCUT2D eigenvalue weighted by Crippen LogP contribution is 2.14. The Kier molecular flexibility index (Phi) is 4.38. The summed E-state index contributed by atoms with van der Waals surface area (Å²) in [5.74, 6) is 0. The first-order chi connectivity index (χ1) is 9.16. The molecule has 0 bridgehead atoms. The molecule has 5 nitrogen and oxygen atoms in total. The van der Waals surface area contributed by atoms with Gasteiger partial charge in [0, 0.05) is 12.1 Å². The van der Waals surface area contributed by atoms with Gasteiger partial charge in [0.15, 0.2) is 11.1 Å². The average Bonchev–Trinajstić information content (AvgIpc) is 2.46. The maximum atomic E-state index is 11.8. The van der Waals surface area contributed by atoms with E-state index in [1.54, 1.807) is 36.4 Å². The maximum Gasteiger partial charge on any atom is 0.269 e. The van der Waals surface area contributed by atoms with Crippen molar-refractivity contribution >= 4 is 16.8 Å². The molecular weight excluding hydrogens is 266 g/mol. The maximum absolute atomic E-state index is 11.8. The molecule has 0 aromatic heterocycles. The number of rotatable bonds is 5. The molecule has 0 heterocycles. The predicted octanol–water partition coefficient (Wildman–Crippen LogP) is 2.83. The van der Waals surface area contributed by atoms with Gasteiger partial charge in [-0.3, -0.25) is 14.3 Å². The zero-order valence-corrected chi connectivity index (χ0v) is 10.7. The van der Waals surface area contributed by atoms with Crippen molar-refractivity contribution in [1.29, 1.82) is 0 Å². The van der Waals surface area contributed by atoms with Crippen molar-refractivity contribution in [1.82, 2.24) is 0 Å². The smallest absolute Gasteiger partial charge is 0.269 e. The van der Waals surface area contributed by atoms with Gasteiger partial charge in [-0.2, -0.15) is 0 Å². The van der Waals surface area contributed by atoms with Crippen molar-refractivity contribution in [3.8, 4) is 0 Å². The molecule has 0 amide bonds. The fraction of sp³-hybridized carbons (Fsp3) is 0.0769. The summed E-state index contributed by atoms with van der Waals surface area (Å²) < 4.78 is 17.0. The van der Waals surface area contributed by atoms with Crippen molar-refractivity contribution in [3.05, 3.63) is 70.3 Å². The number of non-ortho nitro benzene ring substituents is 1. The van der Waals surface area contributed by atoms with E-state index < -0.39 is 16.0 Å². The highest BCUT2D eigenvalue weighted by Gasteiger charge is 2.06. The Labute approximate surface area is 112 Å². The van der Waals surface area contributed by atoms with Crippen molar-refractivity contribution in [2.75, 3.05) is 0 Å². The number of nitrogens with zero attached hydrogens (tertiary/aromatic N) is 1. The van der Waals surface area contributed by atoms with Crippen LogP contribution in [0, 0.1) is 10.1 Å². The lowest BCUT2D eigenvalue weighted by atomic mass is 10.2. The molecular formula is C13H11NO4S. The van der Waals surface area contributed by atoms with Crippen LogP contribution >= 0.6 is 0 Å². The largest absolute Gasteiger partial charge is 0.282 e. The van der Waals surface area contributed by atoms with E-state index in [4.69, 9.17) is 4.18 Å². The summed E-state index contributed by atoms with van der Waals surface area (Å²) in [6, 6.07) is 14.8. The van der Waals surface area contributed by atoms with Gasteiger partial charge in [0.25, 0.3) is 5.69 Å². The molecule has 19 heavy (non-hydrogen) atoms. The lowest BCUT2D eigenvalue weighted by molar-refractivity contribution is -0.384. The molecule has 0 aliphatic carbocycles. The summed E-state index contributed by atoms with van der Waals surface area (Å²) in [6.07, 6.45) is 0. The molecule has 1 unspecified atom stereocenters. The van der Waals surface area contributed by atoms with Gasteiger partial charge in [-0.05, 0) is 29.8 Å². The fourth-order valence-corrected chi connectivity index (χ4v) is 2.19. The van der Waals surface area contributed by atoms with E-state index in [9.17, 15) is 14.3 Å². The Bertz CT molecular complexity index is 583. The minimum absolute atomic E-state index is 0.0212. The van der Waals surface area contributed by atoms with E-state index in [-0.39, 0.29) is 12.3 Å². The van der Waals surface area contributed by atoms with Crippen LogP contribution in [0.25, 0.3) is 0 Å². The Hall–Kier alpha value is -2.05. The summed E-state index contributed by atoms with van der Waals surface area (Å²) in [6.45, 7) is 0.138. The standard InChI is InChI=1S/C13H11NO4S/c15-14(16)12-8-6-11(7-9-12)10-18-19(17)13-4-2-1-3-5-13/h1-9H,10H2. The topological polar surface area (TPSA) is 69.4 Å². The first kappa shape index (κ1) is 13.4. The number of nitro groups is 1. The molecule has 6 heteroatoms. The summed E-state index contributed by atoms with van der Waals surface area (Å²) in [4.78, 5) is 10.6. The van der Waals surface area contributed by atoms with Crippen LogP contribution < -0.4 is 0 Å². The molecule has 0 N–H and O–H groups in total. The zero-order valence-electron chi connectivity index (χ0n) is 9.89. The minimum atomic E-state index is -1.53. The molecule has 0 aliphatic heterocycles. The second kappa shape index (κ2) is 6.21. The van der Waals surface area contributed by atoms with Crippen LogP contribution in [-0.4, -0.2) is 9.13 Å². The number of hydrogen-bond donors (Lipinski definition) is 0. The van der Waals surface area contributed by atoms with E-state index in [2.05, 4.69) is 0 Å². The third kappa shape index (κ3) is 3.70. The van der Waals surface area contributed by atoms with Gasteiger partial charge < -0.3 is 0 Å². The summed E-state index contributed by atoms with van der Waals surface area (Å²) in [5.41, 5.74) is 0.753. The number of hydrogen-bond acceptors (Lipinski definition) is 4. The molecule has 98 valence electrons. The highest BCUT2D eigenvalue weighted by atomic mass is 32.2. The number of benzene rings is 2. The van der Waals surface area contributed by atoms with Crippen molar-refractivity contribution in [2.45, 2.75) is 11.5 Å². The second-order valence-corrected chi connectivity index (χ2v) is 4.91. The molecule has 0 radical (unpaired) electrons. The van der Waals surface area contributed by atoms with Gasteiger partial charge in [0.1, 0.15) is 0 Å². The fourth-order valence-electron chi connectivity index (χ4n) is 1.44. The Balaban J connectivity index is 1.95. The van der Waals surface area contributed by atoms with E-state index in [1.165, 1.54) is 12.1 Å². The van der Waals surface area contributed by atoms with Gasteiger partial charge in [-0.1, -0.05) is 18.2 Å². The van der Waals surface area contributed by atoms with Crippen molar-refractivity contribution < 1.29 is 13.3 Å². The minimum Gasteiger partial charge on any atom is -0.282 e. The average molecular weight is 277 g/mol. The van der Waals surface area contributed by atoms with Crippen LogP contribution in [0.4, 0.5) is 5.69 Å². The SMILES string of the molecule is O=[N+]([O-])c1ccc(COS(=O)c2ccccc2)cc1. The second-order valence-electron chi connectivity index (χ2n) is 3.73. The van der Waals surface area contributed by atoms with E-state index in [0.29, 0.717) is 4.90 Å². The monoisotopic (exact) mass is 277 g/mol. The molecule has 2 rings (SSSR count). The number of nitro benzene ring substituents is 1. The highest BCUT2D eigenvalue weighted by molar-refractivity contribution is 7.80. The van der Waals surface area contributed by atoms with E-state index in [1.807, 2.05) is 6.07 Å². The molecule has 0 aliphatic rings. The molecule has 0 saturated carbocycles. The molecule has 1 atom stereocenters. The van der Waals surface area contributed by atoms with Gasteiger partial charge in [-0.25, -0.2) is 4.21 Å². The summed E-state index contributed by atoms with van der Waals surface area (Å²) in [7, 11) is 0. The Morgan fingerprint density at radius 3 is 2.26 bits per heavy atom.